The first-order valence-electron chi connectivity index (χ1n) is 6.73. The molecule has 2 aromatic rings. The van der Waals surface area contributed by atoms with Crippen LogP contribution in [0, 0.1) is 13.8 Å². The molecule has 3 heteroatoms. The van der Waals surface area contributed by atoms with Gasteiger partial charge in [0.15, 0.2) is 0 Å². The van der Waals surface area contributed by atoms with Crippen LogP contribution in [0.3, 0.4) is 0 Å². The predicted molar refractivity (Wildman–Crippen MR) is 82.6 cm³/mol. The standard InChI is InChI=1S/C17H21NO2/c1-11-9-10-15(12(2)17(11)20-4)18-13(3)14-7-5-6-8-16(14)19/h5-10,13,18-19H,1-4H3. The average molecular weight is 271 g/mol. The van der Waals surface area contributed by atoms with Gasteiger partial charge in [0.25, 0.3) is 0 Å². The van der Waals surface area contributed by atoms with Crippen LogP contribution in [0.15, 0.2) is 36.4 Å². The summed E-state index contributed by atoms with van der Waals surface area (Å²) in [5, 5.41) is 13.3. The number of rotatable bonds is 4. The Bertz CT molecular complexity index is 608. The summed E-state index contributed by atoms with van der Waals surface area (Å²) in [6.45, 7) is 6.09. The number of phenolic OH excluding ortho intramolecular Hbond substituents is 1. The number of methoxy groups -OCH3 is 1. The lowest BCUT2D eigenvalue weighted by atomic mass is 10.0. The third-order valence-corrected chi connectivity index (χ3v) is 3.58. The van der Waals surface area contributed by atoms with Crippen LogP contribution in [-0.4, -0.2) is 12.2 Å². The van der Waals surface area contributed by atoms with E-state index >= 15 is 0 Å². The number of ether oxygens (including phenoxy) is 1. The van der Waals surface area contributed by atoms with Gasteiger partial charge in [-0.25, -0.2) is 0 Å². The van der Waals surface area contributed by atoms with Gasteiger partial charge in [-0.05, 0) is 38.5 Å². The molecule has 1 unspecified atom stereocenters. The molecule has 0 aliphatic carbocycles. The van der Waals surface area contributed by atoms with E-state index in [-0.39, 0.29) is 6.04 Å². The van der Waals surface area contributed by atoms with Crippen molar-refractivity contribution in [3.05, 3.63) is 53.1 Å². The lowest BCUT2D eigenvalue weighted by Crippen LogP contribution is -2.08. The molecule has 0 spiro atoms. The van der Waals surface area contributed by atoms with Crippen LogP contribution in [0.2, 0.25) is 0 Å². The first kappa shape index (κ1) is 14.3. The second-order valence-corrected chi connectivity index (χ2v) is 5.01. The normalized spacial score (nSPS) is 12.0. The molecular formula is C17H21NO2. The summed E-state index contributed by atoms with van der Waals surface area (Å²) >= 11 is 0. The topological polar surface area (TPSA) is 41.5 Å². The van der Waals surface area contributed by atoms with Gasteiger partial charge in [0.05, 0.1) is 13.2 Å². The summed E-state index contributed by atoms with van der Waals surface area (Å²) < 4.78 is 5.44. The van der Waals surface area contributed by atoms with Crippen molar-refractivity contribution in [1.82, 2.24) is 0 Å². The Kier molecular flexibility index (Phi) is 4.18. The summed E-state index contributed by atoms with van der Waals surface area (Å²) in [6, 6.07) is 11.5. The maximum Gasteiger partial charge on any atom is 0.126 e. The van der Waals surface area contributed by atoms with Gasteiger partial charge < -0.3 is 15.2 Å². The molecule has 3 nitrogen and oxygen atoms in total. The highest BCUT2D eigenvalue weighted by Gasteiger charge is 2.13. The van der Waals surface area contributed by atoms with E-state index in [4.69, 9.17) is 4.74 Å². The molecule has 1 atom stereocenters. The minimum absolute atomic E-state index is 0.0160. The molecule has 0 aliphatic rings. The molecule has 106 valence electrons. The number of aromatic hydroxyl groups is 1. The number of nitrogens with one attached hydrogen (secondary N) is 1. The van der Waals surface area contributed by atoms with Crippen LogP contribution in [0.5, 0.6) is 11.5 Å². The van der Waals surface area contributed by atoms with Gasteiger partial charge in [-0.15, -0.1) is 0 Å². The highest BCUT2D eigenvalue weighted by molar-refractivity contribution is 5.60. The number of para-hydroxylation sites is 1. The minimum atomic E-state index is 0.0160. The van der Waals surface area contributed by atoms with E-state index in [0.717, 1.165) is 28.1 Å². The Morgan fingerprint density at radius 3 is 2.45 bits per heavy atom. The zero-order chi connectivity index (χ0) is 14.7. The summed E-state index contributed by atoms with van der Waals surface area (Å²) in [7, 11) is 1.69. The molecule has 0 heterocycles. The lowest BCUT2D eigenvalue weighted by Gasteiger charge is -2.20. The molecule has 2 rings (SSSR count). The number of anilines is 1. The zero-order valence-electron chi connectivity index (χ0n) is 12.4. The van der Waals surface area contributed by atoms with Crippen molar-refractivity contribution in [2.45, 2.75) is 26.8 Å². The fourth-order valence-electron chi connectivity index (χ4n) is 2.46. The van der Waals surface area contributed by atoms with Gasteiger partial charge >= 0.3 is 0 Å². The summed E-state index contributed by atoms with van der Waals surface area (Å²) in [5.74, 6) is 1.21. The average Bonchev–Trinajstić information content (AvgIpc) is 2.43. The Labute approximate surface area is 120 Å². The number of phenols is 1. The minimum Gasteiger partial charge on any atom is -0.508 e. The van der Waals surface area contributed by atoms with E-state index in [1.807, 2.05) is 51.1 Å². The second kappa shape index (κ2) is 5.87. The molecule has 2 aromatic carbocycles. The second-order valence-electron chi connectivity index (χ2n) is 5.01. The van der Waals surface area contributed by atoms with Crippen molar-refractivity contribution in [3.8, 4) is 11.5 Å². The fourth-order valence-corrected chi connectivity index (χ4v) is 2.46. The molecule has 0 aliphatic heterocycles. The van der Waals surface area contributed by atoms with E-state index < -0.39 is 0 Å². The molecule has 0 bridgehead atoms. The first-order valence-corrected chi connectivity index (χ1v) is 6.73. The first-order chi connectivity index (χ1) is 9.54. The molecule has 20 heavy (non-hydrogen) atoms. The summed E-state index contributed by atoms with van der Waals surface area (Å²) in [6.07, 6.45) is 0. The van der Waals surface area contributed by atoms with Crippen LogP contribution < -0.4 is 10.1 Å². The molecule has 0 aromatic heterocycles. The van der Waals surface area contributed by atoms with Gasteiger partial charge in [0, 0.05) is 16.8 Å². The van der Waals surface area contributed by atoms with Gasteiger partial charge in [0.1, 0.15) is 11.5 Å². The third-order valence-electron chi connectivity index (χ3n) is 3.58. The zero-order valence-corrected chi connectivity index (χ0v) is 12.4. The molecule has 0 fully saturated rings. The Morgan fingerprint density at radius 2 is 1.80 bits per heavy atom. The largest absolute Gasteiger partial charge is 0.508 e. The van der Waals surface area contributed by atoms with Gasteiger partial charge in [-0.1, -0.05) is 24.3 Å². The molecular weight excluding hydrogens is 250 g/mol. The van der Waals surface area contributed by atoms with E-state index in [2.05, 4.69) is 5.32 Å². The van der Waals surface area contributed by atoms with Gasteiger partial charge in [0.2, 0.25) is 0 Å². The fraction of sp³-hybridized carbons (Fsp3) is 0.294. The van der Waals surface area contributed by atoms with Crippen molar-refractivity contribution < 1.29 is 9.84 Å². The van der Waals surface area contributed by atoms with E-state index in [9.17, 15) is 5.11 Å². The van der Waals surface area contributed by atoms with Crippen molar-refractivity contribution >= 4 is 5.69 Å². The molecule has 0 radical (unpaired) electrons. The monoisotopic (exact) mass is 271 g/mol. The number of benzene rings is 2. The third kappa shape index (κ3) is 2.72. The van der Waals surface area contributed by atoms with Crippen LogP contribution in [0.25, 0.3) is 0 Å². The molecule has 0 amide bonds. The highest BCUT2D eigenvalue weighted by atomic mass is 16.5. The van der Waals surface area contributed by atoms with E-state index in [1.165, 1.54) is 0 Å². The lowest BCUT2D eigenvalue weighted by molar-refractivity contribution is 0.409. The van der Waals surface area contributed by atoms with Crippen molar-refractivity contribution in [2.24, 2.45) is 0 Å². The Balaban J connectivity index is 2.29. The molecule has 0 saturated heterocycles. The SMILES string of the molecule is COc1c(C)ccc(NC(C)c2ccccc2O)c1C. The van der Waals surface area contributed by atoms with Crippen molar-refractivity contribution in [1.29, 1.82) is 0 Å². The Hall–Kier alpha value is -2.16. The quantitative estimate of drug-likeness (QED) is 0.876. The van der Waals surface area contributed by atoms with Crippen LogP contribution >= 0.6 is 0 Å². The maximum absolute atomic E-state index is 9.91. The van der Waals surface area contributed by atoms with Crippen LogP contribution in [-0.2, 0) is 0 Å². The van der Waals surface area contributed by atoms with Crippen molar-refractivity contribution in [3.63, 3.8) is 0 Å². The Morgan fingerprint density at radius 1 is 1.10 bits per heavy atom. The predicted octanol–water partition coefficient (Wildman–Crippen LogP) is 4.19. The summed E-state index contributed by atoms with van der Waals surface area (Å²) in [5.41, 5.74) is 4.09. The number of hydrogen-bond donors (Lipinski definition) is 2. The number of aryl methyl sites for hydroxylation is 1. The van der Waals surface area contributed by atoms with Gasteiger partial charge in [-0.3, -0.25) is 0 Å². The van der Waals surface area contributed by atoms with Crippen LogP contribution in [0.1, 0.15) is 29.7 Å². The summed E-state index contributed by atoms with van der Waals surface area (Å²) in [4.78, 5) is 0. The molecule has 2 N–H and O–H groups in total. The highest BCUT2D eigenvalue weighted by Crippen LogP contribution is 2.33. The van der Waals surface area contributed by atoms with Gasteiger partial charge in [-0.2, -0.15) is 0 Å². The maximum atomic E-state index is 9.91. The van der Waals surface area contributed by atoms with Crippen LogP contribution in [0.4, 0.5) is 5.69 Å². The molecule has 0 saturated carbocycles. The van der Waals surface area contributed by atoms with Crippen molar-refractivity contribution in [2.75, 3.05) is 12.4 Å². The number of hydrogen-bond acceptors (Lipinski definition) is 3. The smallest absolute Gasteiger partial charge is 0.126 e. The van der Waals surface area contributed by atoms with E-state index in [0.29, 0.717) is 5.75 Å². The van der Waals surface area contributed by atoms with E-state index in [1.54, 1.807) is 13.2 Å².